The highest BCUT2D eigenvalue weighted by Crippen LogP contribution is 2.34. The summed E-state index contributed by atoms with van der Waals surface area (Å²) in [6.45, 7) is 17.9. The van der Waals surface area contributed by atoms with Crippen molar-refractivity contribution in [1.29, 1.82) is 0 Å². The number of aromatic nitrogens is 2. The summed E-state index contributed by atoms with van der Waals surface area (Å²) in [6.07, 6.45) is 8.03. The third-order valence-electron chi connectivity index (χ3n) is 6.47. The van der Waals surface area contributed by atoms with Crippen molar-refractivity contribution in [3.05, 3.63) is 76.3 Å². The Morgan fingerprint density at radius 2 is 2.00 bits per heavy atom. The van der Waals surface area contributed by atoms with Crippen molar-refractivity contribution in [2.24, 2.45) is 5.92 Å². The summed E-state index contributed by atoms with van der Waals surface area (Å²) in [4.78, 5) is 18.7. The minimum absolute atomic E-state index is 0.0455. The van der Waals surface area contributed by atoms with Crippen LogP contribution in [0.5, 0.6) is 0 Å². The van der Waals surface area contributed by atoms with Gasteiger partial charge in [-0.15, -0.1) is 0 Å². The number of carbonyl (C=O) groups excluding carboxylic acids is 1. The SMILES string of the molecule is C=C1C=CC(CC)=C(C)N1C=C(c1nc(-c2cc(F)c(CCC(=O)OC(C)(C)C)cc2Cl)no1)C(C)CC. The van der Waals surface area contributed by atoms with Crippen molar-refractivity contribution in [3.63, 3.8) is 0 Å². The molecule has 0 spiro atoms. The van der Waals surface area contributed by atoms with Gasteiger partial charge in [0.25, 0.3) is 5.89 Å². The highest BCUT2D eigenvalue weighted by Gasteiger charge is 2.23. The van der Waals surface area contributed by atoms with Gasteiger partial charge in [0.1, 0.15) is 11.4 Å². The van der Waals surface area contributed by atoms with Gasteiger partial charge in [-0.3, -0.25) is 4.79 Å². The van der Waals surface area contributed by atoms with E-state index in [4.69, 9.17) is 20.9 Å². The van der Waals surface area contributed by atoms with Gasteiger partial charge in [-0.05, 0) is 82.2 Å². The summed E-state index contributed by atoms with van der Waals surface area (Å²) in [5.41, 5.74) is 4.04. The van der Waals surface area contributed by atoms with Gasteiger partial charge >= 0.3 is 5.97 Å². The minimum Gasteiger partial charge on any atom is -0.460 e. The van der Waals surface area contributed by atoms with E-state index in [9.17, 15) is 9.18 Å². The summed E-state index contributed by atoms with van der Waals surface area (Å²) in [6, 6.07) is 2.79. The average Bonchev–Trinajstić information content (AvgIpc) is 3.32. The molecule has 2 heterocycles. The molecule has 0 amide bonds. The molecule has 38 heavy (non-hydrogen) atoms. The Balaban J connectivity index is 1.90. The first kappa shape index (κ1) is 29.4. The Labute approximate surface area is 229 Å². The van der Waals surface area contributed by atoms with Crippen LogP contribution < -0.4 is 0 Å². The molecule has 1 atom stereocenters. The lowest BCUT2D eigenvalue weighted by atomic mass is 9.98. The predicted octanol–water partition coefficient (Wildman–Crippen LogP) is 8.26. The number of ether oxygens (including phenoxy) is 1. The summed E-state index contributed by atoms with van der Waals surface area (Å²) < 4.78 is 25.9. The molecule has 0 aliphatic carbocycles. The van der Waals surface area contributed by atoms with E-state index in [1.54, 1.807) is 20.8 Å². The van der Waals surface area contributed by atoms with Crippen molar-refractivity contribution < 1.29 is 18.4 Å². The molecule has 1 unspecified atom stereocenters. The molecule has 1 aliphatic heterocycles. The molecule has 8 heteroatoms. The predicted molar refractivity (Wildman–Crippen MR) is 149 cm³/mol. The van der Waals surface area contributed by atoms with Crippen LogP contribution in [0.25, 0.3) is 17.0 Å². The first-order chi connectivity index (χ1) is 17.8. The van der Waals surface area contributed by atoms with Gasteiger partial charge in [0.15, 0.2) is 0 Å². The molecule has 204 valence electrons. The third-order valence-corrected chi connectivity index (χ3v) is 6.79. The zero-order chi connectivity index (χ0) is 28.2. The Bertz CT molecular complexity index is 1300. The lowest BCUT2D eigenvalue weighted by Crippen LogP contribution is -2.24. The van der Waals surface area contributed by atoms with Crippen LogP contribution in [0.4, 0.5) is 4.39 Å². The van der Waals surface area contributed by atoms with E-state index < -0.39 is 17.4 Å². The number of nitrogens with zero attached hydrogens (tertiary/aromatic N) is 3. The van der Waals surface area contributed by atoms with Crippen molar-refractivity contribution in [1.82, 2.24) is 15.0 Å². The van der Waals surface area contributed by atoms with Crippen molar-refractivity contribution >= 4 is 23.1 Å². The van der Waals surface area contributed by atoms with Crippen LogP contribution in [0.1, 0.15) is 79.2 Å². The molecule has 1 aromatic carbocycles. The standard InChI is InChI=1S/C30H37ClFN3O3/c1-9-18(3)24(17-35-19(4)11-12-21(10-2)20(35)5)29-33-28(34-38-29)23-16-26(32)22(15-25(23)31)13-14-27(36)37-30(6,7)8/h11-12,15-18H,4,9-10,13-14H2,1-3,5-8H3. The fraction of sp³-hybridized carbons (Fsp3) is 0.433. The Morgan fingerprint density at radius 3 is 2.63 bits per heavy atom. The van der Waals surface area contributed by atoms with Crippen molar-refractivity contribution in [2.75, 3.05) is 0 Å². The number of carbonyl (C=O) groups is 1. The van der Waals surface area contributed by atoms with Crippen molar-refractivity contribution in [3.8, 4) is 11.4 Å². The lowest BCUT2D eigenvalue weighted by molar-refractivity contribution is -0.154. The van der Waals surface area contributed by atoms with Gasteiger partial charge in [0.05, 0.1) is 5.02 Å². The van der Waals surface area contributed by atoms with Gasteiger partial charge in [-0.1, -0.05) is 50.2 Å². The van der Waals surface area contributed by atoms with E-state index in [1.165, 1.54) is 17.7 Å². The summed E-state index contributed by atoms with van der Waals surface area (Å²) >= 11 is 6.51. The maximum Gasteiger partial charge on any atom is 0.306 e. The van der Waals surface area contributed by atoms with Crippen LogP contribution in [-0.4, -0.2) is 26.6 Å². The highest BCUT2D eigenvalue weighted by atomic mass is 35.5. The van der Waals surface area contributed by atoms with E-state index in [0.29, 0.717) is 17.0 Å². The lowest BCUT2D eigenvalue weighted by Gasteiger charge is -2.28. The molecule has 1 aromatic heterocycles. The van der Waals surface area contributed by atoms with E-state index in [2.05, 4.69) is 50.5 Å². The fourth-order valence-electron chi connectivity index (χ4n) is 4.10. The fourth-order valence-corrected chi connectivity index (χ4v) is 4.37. The second kappa shape index (κ2) is 12.1. The molecule has 0 radical (unpaired) electrons. The first-order valence-electron chi connectivity index (χ1n) is 13.0. The summed E-state index contributed by atoms with van der Waals surface area (Å²) in [7, 11) is 0. The summed E-state index contributed by atoms with van der Waals surface area (Å²) in [5.74, 6) is -0.250. The van der Waals surface area contributed by atoms with Gasteiger partial charge in [-0.2, -0.15) is 4.98 Å². The second-order valence-electron chi connectivity index (χ2n) is 10.5. The van der Waals surface area contributed by atoms with Crippen LogP contribution in [0.2, 0.25) is 5.02 Å². The zero-order valence-corrected chi connectivity index (χ0v) is 24.1. The van der Waals surface area contributed by atoms with E-state index in [1.807, 2.05) is 17.2 Å². The number of aryl methyl sites for hydroxylation is 1. The molecule has 1 aliphatic rings. The number of halogens is 2. The van der Waals surface area contributed by atoms with E-state index in [0.717, 1.165) is 29.8 Å². The normalized spacial score (nSPS) is 15.3. The Hall–Kier alpha value is -3.19. The first-order valence-corrected chi connectivity index (χ1v) is 13.3. The number of benzene rings is 1. The van der Waals surface area contributed by atoms with Gasteiger partial charge in [-0.25, -0.2) is 4.39 Å². The molecular weight excluding hydrogens is 505 g/mol. The molecule has 6 nitrogen and oxygen atoms in total. The highest BCUT2D eigenvalue weighted by molar-refractivity contribution is 6.33. The Morgan fingerprint density at radius 1 is 1.29 bits per heavy atom. The smallest absolute Gasteiger partial charge is 0.306 e. The largest absolute Gasteiger partial charge is 0.460 e. The number of rotatable bonds is 9. The maximum absolute atomic E-state index is 15.0. The monoisotopic (exact) mass is 541 g/mol. The molecule has 0 saturated carbocycles. The molecule has 0 saturated heterocycles. The molecule has 3 rings (SSSR count). The van der Waals surface area contributed by atoms with E-state index >= 15 is 0 Å². The van der Waals surface area contributed by atoms with Gasteiger partial charge in [0, 0.05) is 35.2 Å². The van der Waals surface area contributed by atoms with Crippen LogP contribution in [0.15, 0.2) is 58.6 Å². The van der Waals surface area contributed by atoms with Gasteiger partial charge < -0.3 is 14.2 Å². The van der Waals surface area contributed by atoms with E-state index in [-0.39, 0.29) is 29.6 Å². The topological polar surface area (TPSA) is 68.5 Å². The van der Waals surface area contributed by atoms with Crippen LogP contribution in [0.3, 0.4) is 0 Å². The second-order valence-corrected chi connectivity index (χ2v) is 10.9. The zero-order valence-electron chi connectivity index (χ0n) is 23.3. The molecule has 0 bridgehead atoms. The number of hydrogen-bond donors (Lipinski definition) is 0. The minimum atomic E-state index is -0.596. The number of hydrogen-bond acceptors (Lipinski definition) is 6. The maximum atomic E-state index is 15.0. The Kier molecular flexibility index (Phi) is 9.36. The number of allylic oxidation sites excluding steroid dienone is 5. The van der Waals surface area contributed by atoms with Crippen LogP contribution in [-0.2, 0) is 16.0 Å². The molecule has 0 fully saturated rings. The van der Waals surface area contributed by atoms with Crippen LogP contribution in [0, 0.1) is 11.7 Å². The van der Waals surface area contributed by atoms with Crippen molar-refractivity contribution in [2.45, 2.75) is 79.8 Å². The van der Waals surface area contributed by atoms with Crippen LogP contribution >= 0.6 is 11.6 Å². The quantitative estimate of drug-likeness (QED) is 0.298. The average molecular weight is 542 g/mol. The molecular formula is C30H37ClFN3O3. The van der Waals surface area contributed by atoms with Gasteiger partial charge in [0.2, 0.25) is 5.82 Å². The molecule has 0 N–H and O–H groups in total. The third kappa shape index (κ3) is 7.01. The number of esters is 1. The summed E-state index contributed by atoms with van der Waals surface area (Å²) in [5, 5.41) is 4.38. The molecule has 2 aromatic rings.